The molecule has 96 valence electrons. The van der Waals surface area contributed by atoms with Gasteiger partial charge in [-0.1, -0.05) is 20.3 Å². The van der Waals surface area contributed by atoms with E-state index in [4.69, 9.17) is 5.11 Å². The van der Waals surface area contributed by atoms with Gasteiger partial charge < -0.3 is 5.11 Å². The molecule has 1 aromatic rings. The fraction of sp³-hybridized carbons (Fsp3) is 0.833. The fourth-order valence-corrected chi connectivity index (χ4v) is 2.39. The Hall–Kier alpha value is -0.940. The van der Waals surface area contributed by atoms with Crippen molar-refractivity contribution >= 4 is 0 Å². The van der Waals surface area contributed by atoms with Crippen LogP contribution in [0.25, 0.3) is 0 Å². The molecule has 5 nitrogen and oxygen atoms in total. The van der Waals surface area contributed by atoms with Crippen molar-refractivity contribution in [1.29, 1.82) is 0 Å². The van der Waals surface area contributed by atoms with Crippen LogP contribution in [-0.2, 0) is 0 Å². The van der Waals surface area contributed by atoms with Crippen molar-refractivity contribution in [2.75, 3.05) is 19.7 Å². The van der Waals surface area contributed by atoms with E-state index in [9.17, 15) is 0 Å². The molecule has 0 bridgehead atoms. The topological polar surface area (TPSA) is 65.0 Å². The van der Waals surface area contributed by atoms with Gasteiger partial charge in [0.1, 0.15) is 5.82 Å². The van der Waals surface area contributed by atoms with Gasteiger partial charge in [-0.05, 0) is 19.4 Å². The van der Waals surface area contributed by atoms with Gasteiger partial charge in [-0.3, -0.25) is 10.00 Å². The SMILES string of the molecule is CC(C)c1n[nH]c([C@@H]2CCCCN2CCO)n1. The van der Waals surface area contributed by atoms with E-state index in [1.807, 2.05) is 0 Å². The van der Waals surface area contributed by atoms with Crippen LogP contribution in [0.4, 0.5) is 0 Å². The van der Waals surface area contributed by atoms with Gasteiger partial charge in [0.05, 0.1) is 12.6 Å². The number of aliphatic hydroxyl groups is 1. The second kappa shape index (κ2) is 5.60. The van der Waals surface area contributed by atoms with Crippen LogP contribution in [0.2, 0.25) is 0 Å². The van der Waals surface area contributed by atoms with Gasteiger partial charge in [0.25, 0.3) is 0 Å². The molecule has 2 heterocycles. The molecule has 5 heteroatoms. The van der Waals surface area contributed by atoms with E-state index < -0.39 is 0 Å². The summed E-state index contributed by atoms with van der Waals surface area (Å²) in [6.45, 7) is 6.17. The number of hydrogen-bond acceptors (Lipinski definition) is 4. The number of aromatic amines is 1. The first-order valence-corrected chi connectivity index (χ1v) is 6.49. The van der Waals surface area contributed by atoms with E-state index >= 15 is 0 Å². The summed E-state index contributed by atoms with van der Waals surface area (Å²) in [5.74, 6) is 2.20. The maximum atomic E-state index is 9.09. The second-order valence-electron chi connectivity index (χ2n) is 5.00. The summed E-state index contributed by atoms with van der Waals surface area (Å²) in [5, 5.41) is 16.4. The lowest BCUT2D eigenvalue weighted by atomic mass is 10.0. The van der Waals surface area contributed by atoms with Gasteiger partial charge in [-0.2, -0.15) is 5.10 Å². The third-order valence-electron chi connectivity index (χ3n) is 3.35. The Kier molecular flexibility index (Phi) is 4.12. The molecule has 1 saturated heterocycles. The van der Waals surface area contributed by atoms with E-state index in [2.05, 4.69) is 33.9 Å². The van der Waals surface area contributed by atoms with Crippen molar-refractivity contribution in [2.45, 2.75) is 45.1 Å². The number of aliphatic hydroxyl groups excluding tert-OH is 1. The average molecular weight is 238 g/mol. The third kappa shape index (κ3) is 2.84. The number of nitrogens with one attached hydrogen (secondary N) is 1. The molecule has 0 saturated carbocycles. The molecule has 0 aromatic carbocycles. The van der Waals surface area contributed by atoms with Crippen LogP contribution in [0.3, 0.4) is 0 Å². The maximum absolute atomic E-state index is 9.09. The van der Waals surface area contributed by atoms with Crippen LogP contribution in [-0.4, -0.2) is 44.9 Å². The van der Waals surface area contributed by atoms with Crippen molar-refractivity contribution < 1.29 is 5.11 Å². The minimum atomic E-state index is 0.210. The second-order valence-corrected chi connectivity index (χ2v) is 5.00. The molecule has 0 aliphatic carbocycles. The Labute approximate surface area is 102 Å². The average Bonchev–Trinajstić information content (AvgIpc) is 2.79. The predicted octanol–water partition coefficient (Wildman–Crippen LogP) is 1.45. The summed E-state index contributed by atoms with van der Waals surface area (Å²) in [6.07, 6.45) is 3.54. The molecule has 1 aromatic heterocycles. The van der Waals surface area contributed by atoms with Crippen molar-refractivity contribution in [3.63, 3.8) is 0 Å². The summed E-state index contributed by atoms with van der Waals surface area (Å²) in [6, 6.07) is 0.302. The first-order chi connectivity index (χ1) is 8.22. The number of aromatic nitrogens is 3. The Morgan fingerprint density at radius 3 is 2.94 bits per heavy atom. The highest BCUT2D eigenvalue weighted by molar-refractivity contribution is 5.01. The van der Waals surface area contributed by atoms with E-state index in [0.29, 0.717) is 12.0 Å². The zero-order valence-corrected chi connectivity index (χ0v) is 10.7. The molecule has 17 heavy (non-hydrogen) atoms. The Balaban J connectivity index is 2.11. The molecule has 1 fully saturated rings. The van der Waals surface area contributed by atoms with Crippen LogP contribution < -0.4 is 0 Å². The minimum Gasteiger partial charge on any atom is -0.395 e. The number of hydrogen-bond donors (Lipinski definition) is 2. The van der Waals surface area contributed by atoms with Gasteiger partial charge >= 0.3 is 0 Å². The Morgan fingerprint density at radius 2 is 2.29 bits per heavy atom. The molecule has 2 N–H and O–H groups in total. The molecule has 1 aliphatic heterocycles. The monoisotopic (exact) mass is 238 g/mol. The number of β-amino-alcohol motifs (C(OH)–C–C–N with tert-alkyl or cyclic N) is 1. The molecule has 0 spiro atoms. The fourth-order valence-electron chi connectivity index (χ4n) is 2.39. The molecule has 1 aliphatic rings. The highest BCUT2D eigenvalue weighted by Crippen LogP contribution is 2.28. The highest BCUT2D eigenvalue weighted by atomic mass is 16.3. The van der Waals surface area contributed by atoms with Gasteiger partial charge in [0, 0.05) is 12.5 Å². The highest BCUT2D eigenvalue weighted by Gasteiger charge is 2.26. The van der Waals surface area contributed by atoms with Crippen LogP contribution in [0.15, 0.2) is 0 Å². The quantitative estimate of drug-likeness (QED) is 0.833. The molecule has 0 amide bonds. The Morgan fingerprint density at radius 1 is 1.47 bits per heavy atom. The zero-order chi connectivity index (χ0) is 12.3. The minimum absolute atomic E-state index is 0.210. The molecular formula is C12H22N4O. The van der Waals surface area contributed by atoms with Gasteiger partial charge in [-0.15, -0.1) is 0 Å². The van der Waals surface area contributed by atoms with Gasteiger partial charge in [0.2, 0.25) is 0 Å². The lowest BCUT2D eigenvalue weighted by molar-refractivity contribution is 0.112. The van der Waals surface area contributed by atoms with Crippen molar-refractivity contribution in [3.05, 3.63) is 11.6 Å². The molecule has 0 radical (unpaired) electrons. The first-order valence-electron chi connectivity index (χ1n) is 6.49. The van der Waals surface area contributed by atoms with Crippen molar-refractivity contribution in [2.24, 2.45) is 0 Å². The smallest absolute Gasteiger partial charge is 0.153 e. The number of H-pyrrole nitrogens is 1. The third-order valence-corrected chi connectivity index (χ3v) is 3.35. The van der Waals surface area contributed by atoms with Crippen LogP contribution in [0, 0.1) is 0 Å². The first kappa shape index (κ1) is 12.5. The van der Waals surface area contributed by atoms with Crippen LogP contribution in [0.5, 0.6) is 0 Å². The largest absolute Gasteiger partial charge is 0.395 e. The lowest BCUT2D eigenvalue weighted by Crippen LogP contribution is -2.36. The van der Waals surface area contributed by atoms with E-state index in [1.165, 1.54) is 12.8 Å². The van der Waals surface area contributed by atoms with E-state index in [0.717, 1.165) is 31.2 Å². The van der Waals surface area contributed by atoms with Crippen molar-refractivity contribution in [3.8, 4) is 0 Å². The molecule has 0 unspecified atom stereocenters. The standard InChI is InChI=1S/C12H22N4O/c1-9(2)11-13-12(15-14-11)10-5-3-4-6-16(10)7-8-17/h9-10,17H,3-8H2,1-2H3,(H,13,14,15)/t10-/m0/s1. The summed E-state index contributed by atoms with van der Waals surface area (Å²) in [7, 11) is 0. The van der Waals surface area contributed by atoms with Crippen LogP contribution >= 0.6 is 0 Å². The summed E-state index contributed by atoms with van der Waals surface area (Å²) in [5.41, 5.74) is 0. The number of likely N-dealkylation sites (tertiary alicyclic amines) is 1. The summed E-state index contributed by atoms with van der Waals surface area (Å²) in [4.78, 5) is 6.88. The number of nitrogens with zero attached hydrogens (tertiary/aromatic N) is 3. The molecule has 2 rings (SSSR count). The van der Waals surface area contributed by atoms with Crippen molar-refractivity contribution in [1.82, 2.24) is 20.1 Å². The number of piperidine rings is 1. The van der Waals surface area contributed by atoms with E-state index in [-0.39, 0.29) is 6.61 Å². The van der Waals surface area contributed by atoms with Gasteiger partial charge in [0.15, 0.2) is 5.82 Å². The summed E-state index contributed by atoms with van der Waals surface area (Å²) >= 11 is 0. The maximum Gasteiger partial charge on any atom is 0.153 e. The molecular weight excluding hydrogens is 216 g/mol. The van der Waals surface area contributed by atoms with Gasteiger partial charge in [-0.25, -0.2) is 4.98 Å². The zero-order valence-electron chi connectivity index (χ0n) is 10.7. The predicted molar refractivity (Wildman–Crippen MR) is 65.7 cm³/mol. The van der Waals surface area contributed by atoms with Crippen LogP contribution in [0.1, 0.15) is 56.7 Å². The Bertz CT molecular complexity index is 348. The molecule has 1 atom stereocenters. The normalized spacial score (nSPS) is 22.2. The lowest BCUT2D eigenvalue weighted by Gasteiger charge is -2.33. The summed E-state index contributed by atoms with van der Waals surface area (Å²) < 4.78 is 0. The van der Waals surface area contributed by atoms with E-state index in [1.54, 1.807) is 0 Å². The number of rotatable bonds is 4.